The second-order valence-electron chi connectivity index (χ2n) is 7.05. The smallest absolute Gasteiger partial charge is 0.229 e. The van der Waals surface area contributed by atoms with E-state index in [1.165, 1.54) is 0 Å². The molecule has 3 heterocycles. The van der Waals surface area contributed by atoms with Crippen LogP contribution in [0.5, 0.6) is 0 Å². The van der Waals surface area contributed by atoms with Gasteiger partial charge in [0.15, 0.2) is 5.82 Å². The number of nitrogens with zero attached hydrogens (tertiary/aromatic N) is 3. The number of para-hydroxylation sites is 1. The average Bonchev–Trinajstić information content (AvgIpc) is 3.04. The molecule has 0 radical (unpaired) electrons. The topological polar surface area (TPSA) is 75.0 Å². The van der Waals surface area contributed by atoms with Gasteiger partial charge in [-0.1, -0.05) is 23.4 Å². The highest BCUT2D eigenvalue weighted by Crippen LogP contribution is 2.40. The van der Waals surface area contributed by atoms with Gasteiger partial charge >= 0.3 is 0 Å². The van der Waals surface area contributed by atoms with E-state index < -0.39 is 0 Å². The summed E-state index contributed by atoms with van der Waals surface area (Å²) in [6.07, 6.45) is 6.49. The Labute approximate surface area is 145 Å². The zero-order chi connectivity index (χ0) is 16.8. The number of hydrogen-bond acceptors (Lipinski definition) is 4. The number of likely N-dealkylation sites (tertiary alicyclic amines) is 1. The van der Waals surface area contributed by atoms with Crippen molar-refractivity contribution >= 4 is 16.8 Å². The van der Waals surface area contributed by atoms with Crippen LogP contribution in [-0.2, 0) is 11.2 Å². The van der Waals surface area contributed by atoms with Crippen molar-refractivity contribution in [2.45, 2.75) is 44.1 Å². The molecule has 1 atom stereocenters. The highest BCUT2D eigenvalue weighted by molar-refractivity contribution is 5.89. The molecule has 1 N–H and O–H groups in total. The van der Waals surface area contributed by atoms with Crippen LogP contribution in [-0.4, -0.2) is 32.5 Å². The third-order valence-corrected chi connectivity index (χ3v) is 5.27. The molecule has 1 unspecified atom stereocenters. The van der Waals surface area contributed by atoms with Crippen LogP contribution >= 0.6 is 0 Å². The van der Waals surface area contributed by atoms with E-state index in [0.29, 0.717) is 18.2 Å². The molecule has 6 nitrogen and oxygen atoms in total. The molecule has 3 aromatic rings. The molecular weight excluding hydrogens is 316 g/mol. The fraction of sp³-hybridized carbons (Fsp3) is 0.421. The lowest BCUT2D eigenvalue weighted by Gasteiger charge is -2.22. The van der Waals surface area contributed by atoms with Crippen molar-refractivity contribution in [3.63, 3.8) is 0 Å². The van der Waals surface area contributed by atoms with Gasteiger partial charge in [-0.25, -0.2) is 0 Å². The minimum Gasteiger partial charge on any atom is -0.361 e. The maximum absolute atomic E-state index is 12.9. The first-order valence-electron chi connectivity index (χ1n) is 8.97. The molecule has 2 fully saturated rings. The van der Waals surface area contributed by atoms with Crippen LogP contribution in [0.15, 0.2) is 35.0 Å². The van der Waals surface area contributed by atoms with Crippen molar-refractivity contribution in [2.75, 3.05) is 6.54 Å². The standard InChI is InChI=1S/C19H20N4O2/c24-17(10-13-11-20-15-5-2-1-4-14(13)15)23-9-3-6-16(23)18-21-19(25-22-18)12-7-8-12/h1-2,4-5,11-12,16,20H,3,6-10H2. The van der Waals surface area contributed by atoms with Crippen LogP contribution in [0.25, 0.3) is 10.9 Å². The Morgan fingerprint density at radius 3 is 3.04 bits per heavy atom. The number of fused-ring (bicyclic) bond motifs is 1. The Morgan fingerprint density at radius 2 is 2.16 bits per heavy atom. The van der Waals surface area contributed by atoms with Crippen LogP contribution < -0.4 is 0 Å². The van der Waals surface area contributed by atoms with Crippen LogP contribution in [0.1, 0.15) is 54.9 Å². The van der Waals surface area contributed by atoms with Gasteiger partial charge in [0.25, 0.3) is 0 Å². The number of carbonyl (C=O) groups is 1. The Hall–Kier alpha value is -2.63. The molecule has 25 heavy (non-hydrogen) atoms. The Kier molecular flexibility index (Phi) is 3.36. The van der Waals surface area contributed by atoms with E-state index in [-0.39, 0.29) is 11.9 Å². The number of carbonyl (C=O) groups excluding carboxylic acids is 1. The fourth-order valence-corrected chi connectivity index (χ4v) is 3.75. The first-order chi connectivity index (χ1) is 12.3. The predicted molar refractivity (Wildman–Crippen MR) is 92.0 cm³/mol. The first-order valence-corrected chi connectivity index (χ1v) is 8.97. The zero-order valence-corrected chi connectivity index (χ0v) is 13.9. The number of aromatic nitrogens is 3. The lowest BCUT2D eigenvalue weighted by atomic mass is 10.1. The summed E-state index contributed by atoms with van der Waals surface area (Å²) in [5.41, 5.74) is 2.11. The lowest BCUT2D eigenvalue weighted by molar-refractivity contribution is -0.131. The van der Waals surface area contributed by atoms with Crippen LogP contribution in [0.4, 0.5) is 0 Å². The van der Waals surface area contributed by atoms with Crippen LogP contribution in [0.2, 0.25) is 0 Å². The molecule has 6 heteroatoms. The molecular formula is C19H20N4O2. The van der Waals surface area contributed by atoms with Gasteiger partial charge in [0, 0.05) is 29.6 Å². The maximum Gasteiger partial charge on any atom is 0.229 e. The molecule has 1 saturated heterocycles. The Balaban J connectivity index is 1.36. The van der Waals surface area contributed by atoms with Gasteiger partial charge in [-0.05, 0) is 37.3 Å². The Bertz CT molecular complexity index is 924. The summed E-state index contributed by atoms with van der Waals surface area (Å²) in [5.74, 6) is 1.99. The molecule has 1 amide bonds. The van der Waals surface area contributed by atoms with Gasteiger partial charge in [0.05, 0.1) is 12.5 Å². The van der Waals surface area contributed by atoms with Crippen molar-refractivity contribution < 1.29 is 9.32 Å². The molecule has 2 aliphatic rings. The molecule has 1 saturated carbocycles. The number of rotatable bonds is 4. The van der Waals surface area contributed by atoms with Crippen molar-refractivity contribution in [1.29, 1.82) is 0 Å². The van der Waals surface area contributed by atoms with E-state index in [9.17, 15) is 4.79 Å². The van der Waals surface area contributed by atoms with E-state index in [0.717, 1.165) is 54.6 Å². The summed E-state index contributed by atoms with van der Waals surface area (Å²) in [4.78, 5) is 22.6. The fourth-order valence-electron chi connectivity index (χ4n) is 3.75. The summed E-state index contributed by atoms with van der Waals surface area (Å²) in [7, 11) is 0. The van der Waals surface area contributed by atoms with Gasteiger partial charge in [-0.3, -0.25) is 4.79 Å². The SMILES string of the molecule is O=C(Cc1c[nH]c2ccccc12)N1CCCC1c1noc(C2CC2)n1. The number of H-pyrrole nitrogens is 1. The molecule has 5 rings (SSSR count). The molecule has 1 aromatic carbocycles. The molecule has 0 spiro atoms. The normalized spacial score (nSPS) is 20.5. The minimum absolute atomic E-state index is 0.0473. The highest BCUT2D eigenvalue weighted by Gasteiger charge is 2.36. The second kappa shape index (κ2) is 5.72. The second-order valence-corrected chi connectivity index (χ2v) is 7.05. The van der Waals surface area contributed by atoms with Crippen LogP contribution in [0.3, 0.4) is 0 Å². The van der Waals surface area contributed by atoms with E-state index >= 15 is 0 Å². The molecule has 1 aliphatic carbocycles. The summed E-state index contributed by atoms with van der Waals surface area (Å²) >= 11 is 0. The van der Waals surface area contributed by atoms with Gasteiger partial charge < -0.3 is 14.4 Å². The maximum atomic E-state index is 12.9. The average molecular weight is 336 g/mol. The minimum atomic E-state index is -0.0473. The van der Waals surface area contributed by atoms with Gasteiger partial charge in [-0.15, -0.1) is 0 Å². The monoisotopic (exact) mass is 336 g/mol. The number of benzene rings is 1. The Morgan fingerprint density at radius 1 is 1.28 bits per heavy atom. The predicted octanol–water partition coefficient (Wildman–Crippen LogP) is 3.33. The largest absolute Gasteiger partial charge is 0.361 e. The zero-order valence-electron chi connectivity index (χ0n) is 13.9. The van der Waals surface area contributed by atoms with Gasteiger partial charge in [-0.2, -0.15) is 4.98 Å². The summed E-state index contributed by atoms with van der Waals surface area (Å²) < 4.78 is 5.39. The third kappa shape index (κ3) is 2.62. The van der Waals surface area contributed by atoms with Crippen molar-refractivity contribution in [3.05, 3.63) is 47.7 Å². The van der Waals surface area contributed by atoms with Crippen molar-refractivity contribution in [1.82, 2.24) is 20.0 Å². The molecule has 128 valence electrons. The van der Waals surface area contributed by atoms with E-state index in [4.69, 9.17) is 4.52 Å². The third-order valence-electron chi connectivity index (χ3n) is 5.27. The van der Waals surface area contributed by atoms with Gasteiger partial charge in [0.2, 0.25) is 11.8 Å². The molecule has 2 aromatic heterocycles. The number of amides is 1. The summed E-state index contributed by atoms with van der Waals surface area (Å²) in [5, 5.41) is 5.27. The van der Waals surface area contributed by atoms with Crippen LogP contribution in [0, 0.1) is 0 Å². The first kappa shape index (κ1) is 14.7. The highest BCUT2D eigenvalue weighted by atomic mass is 16.5. The van der Waals surface area contributed by atoms with Gasteiger partial charge in [0.1, 0.15) is 0 Å². The van der Waals surface area contributed by atoms with E-state index in [1.54, 1.807) is 0 Å². The summed E-state index contributed by atoms with van der Waals surface area (Å²) in [6, 6.07) is 8.03. The number of nitrogens with one attached hydrogen (secondary N) is 1. The molecule has 0 bridgehead atoms. The number of aromatic amines is 1. The van der Waals surface area contributed by atoms with Crippen molar-refractivity contribution in [3.8, 4) is 0 Å². The molecule has 1 aliphatic heterocycles. The quantitative estimate of drug-likeness (QED) is 0.793. The summed E-state index contributed by atoms with van der Waals surface area (Å²) in [6.45, 7) is 0.763. The number of hydrogen-bond donors (Lipinski definition) is 1. The lowest BCUT2D eigenvalue weighted by Crippen LogP contribution is -2.32. The van der Waals surface area contributed by atoms with Crippen molar-refractivity contribution in [2.24, 2.45) is 0 Å². The van der Waals surface area contributed by atoms with E-state index in [1.807, 2.05) is 29.3 Å². The van der Waals surface area contributed by atoms with E-state index in [2.05, 4.69) is 21.2 Å².